The molecule has 1 aromatic carbocycles. The van der Waals surface area contributed by atoms with Crippen LogP contribution in [0.15, 0.2) is 24.3 Å². The minimum absolute atomic E-state index is 0.215. The number of ether oxygens (including phenoxy) is 1. The predicted molar refractivity (Wildman–Crippen MR) is 60.4 cm³/mol. The molecular weight excluding hydrogens is 172 g/mol. The summed E-state index contributed by atoms with van der Waals surface area (Å²) in [4.78, 5) is 0. The van der Waals surface area contributed by atoms with E-state index in [1.165, 1.54) is 5.56 Å². The molecular formula is C13H19O. The molecule has 0 heterocycles. The average molecular weight is 191 g/mol. The molecule has 0 saturated carbocycles. The van der Waals surface area contributed by atoms with Gasteiger partial charge in [-0.25, -0.2) is 0 Å². The van der Waals surface area contributed by atoms with Crippen molar-refractivity contribution in [3.63, 3.8) is 0 Å². The lowest BCUT2D eigenvalue weighted by atomic mass is 9.87. The van der Waals surface area contributed by atoms with Crippen molar-refractivity contribution in [2.24, 2.45) is 0 Å². The Bertz CT molecular complexity index is 266. The van der Waals surface area contributed by atoms with E-state index in [9.17, 15) is 0 Å². The SMILES string of the molecule is CC[CH]Oc1ccc(C(C)(C)C)cc1. The largest absolute Gasteiger partial charge is 0.487 e. The van der Waals surface area contributed by atoms with Crippen LogP contribution in [0.2, 0.25) is 0 Å². The topological polar surface area (TPSA) is 9.23 Å². The number of hydrogen-bond donors (Lipinski definition) is 0. The molecule has 77 valence electrons. The van der Waals surface area contributed by atoms with Gasteiger partial charge in [-0.05, 0) is 29.5 Å². The first-order valence-corrected chi connectivity index (χ1v) is 5.13. The van der Waals surface area contributed by atoms with E-state index in [0.29, 0.717) is 0 Å². The lowest BCUT2D eigenvalue weighted by Crippen LogP contribution is -2.10. The molecule has 0 aliphatic rings. The van der Waals surface area contributed by atoms with Crippen LogP contribution < -0.4 is 4.74 Å². The van der Waals surface area contributed by atoms with E-state index in [1.807, 2.05) is 18.7 Å². The molecule has 0 N–H and O–H groups in total. The van der Waals surface area contributed by atoms with Crippen molar-refractivity contribution < 1.29 is 4.74 Å². The third kappa shape index (κ3) is 3.06. The van der Waals surface area contributed by atoms with Gasteiger partial charge in [-0.15, -0.1) is 0 Å². The Labute approximate surface area is 87.1 Å². The zero-order valence-electron chi connectivity index (χ0n) is 9.50. The fraction of sp³-hybridized carbons (Fsp3) is 0.462. The van der Waals surface area contributed by atoms with Crippen molar-refractivity contribution in [3.8, 4) is 5.75 Å². The summed E-state index contributed by atoms with van der Waals surface area (Å²) in [5.41, 5.74) is 1.55. The van der Waals surface area contributed by atoms with Crippen molar-refractivity contribution in [2.45, 2.75) is 39.5 Å². The maximum Gasteiger partial charge on any atom is 0.135 e. The van der Waals surface area contributed by atoms with Gasteiger partial charge >= 0.3 is 0 Å². The van der Waals surface area contributed by atoms with Crippen LogP contribution in [-0.2, 0) is 5.41 Å². The molecule has 1 heteroatoms. The van der Waals surface area contributed by atoms with Crippen molar-refractivity contribution in [1.82, 2.24) is 0 Å². The highest BCUT2D eigenvalue weighted by molar-refractivity contribution is 5.31. The average Bonchev–Trinajstić information content (AvgIpc) is 2.14. The summed E-state index contributed by atoms with van der Waals surface area (Å²) in [7, 11) is 0. The molecule has 0 spiro atoms. The molecule has 0 unspecified atom stereocenters. The van der Waals surface area contributed by atoms with Crippen LogP contribution in [-0.4, -0.2) is 0 Å². The Hall–Kier alpha value is -0.980. The fourth-order valence-electron chi connectivity index (χ4n) is 1.21. The van der Waals surface area contributed by atoms with E-state index in [0.717, 1.165) is 12.2 Å². The van der Waals surface area contributed by atoms with Crippen molar-refractivity contribution in [3.05, 3.63) is 36.4 Å². The molecule has 0 saturated heterocycles. The van der Waals surface area contributed by atoms with E-state index < -0.39 is 0 Å². The highest BCUT2D eigenvalue weighted by atomic mass is 16.5. The molecule has 0 bridgehead atoms. The minimum atomic E-state index is 0.215. The summed E-state index contributed by atoms with van der Waals surface area (Å²) in [6.45, 7) is 10.5. The van der Waals surface area contributed by atoms with Gasteiger partial charge in [0.15, 0.2) is 0 Å². The van der Waals surface area contributed by atoms with Gasteiger partial charge in [-0.1, -0.05) is 39.8 Å². The Morgan fingerprint density at radius 1 is 1.14 bits per heavy atom. The van der Waals surface area contributed by atoms with Gasteiger partial charge in [0.2, 0.25) is 0 Å². The van der Waals surface area contributed by atoms with Crippen molar-refractivity contribution in [1.29, 1.82) is 0 Å². The zero-order valence-corrected chi connectivity index (χ0v) is 9.50. The Kier molecular flexibility index (Phi) is 3.56. The van der Waals surface area contributed by atoms with Gasteiger partial charge in [0, 0.05) is 0 Å². The molecule has 0 amide bonds. The van der Waals surface area contributed by atoms with Gasteiger partial charge in [0.25, 0.3) is 0 Å². The summed E-state index contributed by atoms with van der Waals surface area (Å²) in [6.07, 6.45) is 0.932. The first-order chi connectivity index (χ1) is 6.54. The van der Waals surface area contributed by atoms with Crippen LogP contribution in [0, 0.1) is 6.61 Å². The fourth-order valence-corrected chi connectivity index (χ4v) is 1.21. The van der Waals surface area contributed by atoms with E-state index in [4.69, 9.17) is 4.74 Å². The molecule has 1 aromatic rings. The maximum atomic E-state index is 5.40. The van der Waals surface area contributed by atoms with Gasteiger partial charge in [0.1, 0.15) is 12.4 Å². The van der Waals surface area contributed by atoms with E-state index >= 15 is 0 Å². The molecule has 0 aliphatic carbocycles. The van der Waals surface area contributed by atoms with Gasteiger partial charge < -0.3 is 4.74 Å². The Morgan fingerprint density at radius 3 is 2.14 bits per heavy atom. The second-order valence-electron chi connectivity index (χ2n) is 4.47. The van der Waals surface area contributed by atoms with E-state index in [2.05, 4.69) is 39.8 Å². The minimum Gasteiger partial charge on any atom is -0.487 e. The van der Waals surface area contributed by atoms with Gasteiger partial charge in [-0.3, -0.25) is 0 Å². The van der Waals surface area contributed by atoms with Crippen LogP contribution in [0.3, 0.4) is 0 Å². The third-order valence-electron chi connectivity index (χ3n) is 2.11. The van der Waals surface area contributed by atoms with Crippen LogP contribution in [0.25, 0.3) is 0 Å². The number of hydrogen-bond acceptors (Lipinski definition) is 1. The first-order valence-electron chi connectivity index (χ1n) is 5.13. The van der Waals surface area contributed by atoms with Crippen LogP contribution in [0.5, 0.6) is 5.75 Å². The molecule has 14 heavy (non-hydrogen) atoms. The molecule has 0 atom stereocenters. The number of rotatable bonds is 3. The monoisotopic (exact) mass is 191 g/mol. The Morgan fingerprint density at radius 2 is 1.71 bits per heavy atom. The van der Waals surface area contributed by atoms with Gasteiger partial charge in [-0.2, -0.15) is 0 Å². The van der Waals surface area contributed by atoms with Crippen LogP contribution >= 0.6 is 0 Å². The second-order valence-corrected chi connectivity index (χ2v) is 4.47. The van der Waals surface area contributed by atoms with E-state index in [1.54, 1.807) is 0 Å². The Balaban J connectivity index is 2.69. The molecule has 0 aromatic heterocycles. The lowest BCUT2D eigenvalue weighted by Gasteiger charge is -2.19. The smallest absolute Gasteiger partial charge is 0.135 e. The molecule has 0 aliphatic heterocycles. The van der Waals surface area contributed by atoms with Crippen molar-refractivity contribution in [2.75, 3.05) is 0 Å². The van der Waals surface area contributed by atoms with Crippen molar-refractivity contribution >= 4 is 0 Å². The number of benzene rings is 1. The summed E-state index contributed by atoms with van der Waals surface area (Å²) in [5, 5.41) is 0. The molecule has 1 radical (unpaired) electrons. The lowest BCUT2D eigenvalue weighted by molar-refractivity contribution is 0.397. The van der Waals surface area contributed by atoms with Crippen LogP contribution in [0.1, 0.15) is 39.7 Å². The third-order valence-corrected chi connectivity index (χ3v) is 2.11. The first kappa shape index (κ1) is 11.1. The molecule has 1 rings (SSSR count). The highest BCUT2D eigenvalue weighted by Gasteiger charge is 2.12. The van der Waals surface area contributed by atoms with E-state index in [-0.39, 0.29) is 5.41 Å². The van der Waals surface area contributed by atoms with Gasteiger partial charge in [0.05, 0.1) is 0 Å². The molecule has 0 fully saturated rings. The maximum absolute atomic E-state index is 5.40. The summed E-state index contributed by atoms with van der Waals surface area (Å²) >= 11 is 0. The second kappa shape index (κ2) is 4.50. The predicted octanol–water partition coefficient (Wildman–Crippen LogP) is 3.93. The highest BCUT2D eigenvalue weighted by Crippen LogP contribution is 2.24. The zero-order chi connectivity index (χ0) is 10.6. The molecule has 1 nitrogen and oxygen atoms in total. The standard InChI is InChI=1S/C13H19O/c1-5-10-14-12-8-6-11(7-9-12)13(2,3)4/h6-10H,5H2,1-4H3. The van der Waals surface area contributed by atoms with Crippen LogP contribution in [0.4, 0.5) is 0 Å². The normalized spacial score (nSPS) is 11.4. The summed E-state index contributed by atoms with van der Waals surface area (Å²) in [6, 6.07) is 8.29. The summed E-state index contributed by atoms with van der Waals surface area (Å²) < 4.78 is 5.40. The quantitative estimate of drug-likeness (QED) is 0.703. The summed E-state index contributed by atoms with van der Waals surface area (Å²) in [5.74, 6) is 0.917.